The molecule has 0 saturated heterocycles. The Labute approximate surface area is 95.2 Å². The minimum absolute atomic E-state index is 0.697. The molecule has 1 nitrogen and oxygen atoms in total. The summed E-state index contributed by atoms with van der Waals surface area (Å²) in [6.45, 7) is 9.57. The molecule has 0 radical (unpaired) electrons. The maximum atomic E-state index is 2.60. The first-order valence-corrected chi connectivity index (χ1v) is 6.68. The second-order valence-corrected chi connectivity index (χ2v) is 6.51. The lowest BCUT2D eigenvalue weighted by molar-refractivity contribution is 0.0396. The highest BCUT2D eigenvalue weighted by Crippen LogP contribution is 2.59. The van der Waals surface area contributed by atoms with Crippen molar-refractivity contribution in [3.8, 4) is 0 Å². The van der Waals surface area contributed by atoms with Crippen molar-refractivity contribution >= 4 is 0 Å². The second kappa shape index (κ2) is 3.76. The molecule has 2 fully saturated rings. The van der Waals surface area contributed by atoms with Crippen molar-refractivity contribution in [2.24, 2.45) is 17.3 Å². The Morgan fingerprint density at radius 1 is 1.20 bits per heavy atom. The van der Waals surface area contributed by atoms with Gasteiger partial charge in [0.15, 0.2) is 0 Å². The quantitative estimate of drug-likeness (QED) is 0.672. The topological polar surface area (TPSA) is 3.24 Å². The Morgan fingerprint density at radius 3 is 2.20 bits per heavy atom. The summed E-state index contributed by atoms with van der Waals surface area (Å²) < 4.78 is 0. The molecular formula is C14H27N. The lowest BCUT2D eigenvalue weighted by Gasteiger charge is -2.46. The van der Waals surface area contributed by atoms with Crippen LogP contribution in [0.5, 0.6) is 0 Å². The average Bonchev–Trinajstić information content (AvgIpc) is 2.55. The Kier molecular flexibility index (Phi) is 2.87. The highest BCUT2D eigenvalue weighted by atomic mass is 15.2. The molecule has 4 atom stereocenters. The maximum Gasteiger partial charge on any atom is 0.0126 e. The minimum atomic E-state index is 0.697. The standard InChI is InChI=1S/C14H27N/c1-10(2)15(5)13-9-14(8-11(13)3)7-6-12(14)4/h10-13H,6-9H2,1-5H3. The molecule has 0 heterocycles. The molecule has 1 spiro atoms. The Balaban J connectivity index is 2.04. The molecule has 0 aromatic heterocycles. The summed E-state index contributed by atoms with van der Waals surface area (Å²) in [7, 11) is 2.31. The van der Waals surface area contributed by atoms with Crippen molar-refractivity contribution in [1.29, 1.82) is 0 Å². The molecule has 2 aliphatic rings. The zero-order valence-electron chi connectivity index (χ0n) is 11.1. The summed E-state index contributed by atoms with van der Waals surface area (Å²) in [4.78, 5) is 2.60. The van der Waals surface area contributed by atoms with E-state index in [1.54, 1.807) is 0 Å². The van der Waals surface area contributed by atoms with E-state index in [-0.39, 0.29) is 0 Å². The SMILES string of the molecule is CC1CC2(CCC2C)CC1N(C)C(C)C. The van der Waals surface area contributed by atoms with Crippen molar-refractivity contribution in [2.75, 3.05) is 7.05 Å². The summed E-state index contributed by atoms with van der Waals surface area (Å²) in [5, 5.41) is 0. The van der Waals surface area contributed by atoms with E-state index in [1.807, 2.05) is 0 Å². The summed E-state index contributed by atoms with van der Waals surface area (Å²) in [5.74, 6) is 1.89. The third-order valence-corrected chi connectivity index (χ3v) is 5.46. The van der Waals surface area contributed by atoms with Crippen LogP contribution in [0.2, 0.25) is 0 Å². The van der Waals surface area contributed by atoms with Gasteiger partial charge in [-0.25, -0.2) is 0 Å². The van der Waals surface area contributed by atoms with Gasteiger partial charge in [-0.1, -0.05) is 13.8 Å². The number of hydrogen-bond acceptors (Lipinski definition) is 1. The first-order chi connectivity index (χ1) is 6.96. The first-order valence-electron chi connectivity index (χ1n) is 6.68. The zero-order chi connectivity index (χ0) is 11.2. The van der Waals surface area contributed by atoms with Gasteiger partial charge >= 0.3 is 0 Å². The molecule has 1 heteroatoms. The van der Waals surface area contributed by atoms with Gasteiger partial charge < -0.3 is 4.90 Å². The van der Waals surface area contributed by atoms with E-state index in [9.17, 15) is 0 Å². The van der Waals surface area contributed by atoms with Gasteiger partial charge in [0.1, 0.15) is 0 Å². The van der Waals surface area contributed by atoms with Gasteiger partial charge in [-0.15, -0.1) is 0 Å². The van der Waals surface area contributed by atoms with Gasteiger partial charge in [0.2, 0.25) is 0 Å². The molecule has 0 aromatic carbocycles. The predicted molar refractivity (Wildman–Crippen MR) is 65.9 cm³/mol. The van der Waals surface area contributed by atoms with E-state index in [0.29, 0.717) is 6.04 Å². The Hall–Kier alpha value is -0.0400. The third-order valence-electron chi connectivity index (χ3n) is 5.46. The van der Waals surface area contributed by atoms with Gasteiger partial charge in [0.25, 0.3) is 0 Å². The highest BCUT2D eigenvalue weighted by Gasteiger charge is 2.52. The van der Waals surface area contributed by atoms with Crippen molar-refractivity contribution in [1.82, 2.24) is 4.90 Å². The van der Waals surface area contributed by atoms with E-state index in [1.165, 1.54) is 25.7 Å². The average molecular weight is 209 g/mol. The van der Waals surface area contributed by atoms with Crippen molar-refractivity contribution in [3.05, 3.63) is 0 Å². The molecule has 0 aliphatic heterocycles. The van der Waals surface area contributed by atoms with Crippen molar-refractivity contribution in [2.45, 2.75) is 65.5 Å². The fourth-order valence-corrected chi connectivity index (χ4v) is 3.85. The van der Waals surface area contributed by atoms with Crippen molar-refractivity contribution in [3.63, 3.8) is 0 Å². The Bertz CT molecular complexity index is 235. The fourth-order valence-electron chi connectivity index (χ4n) is 3.85. The van der Waals surface area contributed by atoms with E-state index in [0.717, 1.165) is 23.3 Å². The van der Waals surface area contributed by atoms with Crippen LogP contribution in [-0.4, -0.2) is 24.0 Å². The van der Waals surface area contributed by atoms with Crippen molar-refractivity contribution < 1.29 is 0 Å². The Morgan fingerprint density at radius 2 is 1.87 bits per heavy atom. The number of nitrogens with zero attached hydrogens (tertiary/aromatic N) is 1. The van der Waals surface area contributed by atoms with Crippen LogP contribution in [0.3, 0.4) is 0 Å². The van der Waals surface area contributed by atoms with E-state index in [4.69, 9.17) is 0 Å². The van der Waals surface area contributed by atoms with Crippen LogP contribution in [0.15, 0.2) is 0 Å². The number of hydrogen-bond donors (Lipinski definition) is 0. The van der Waals surface area contributed by atoms with Crippen LogP contribution in [0.25, 0.3) is 0 Å². The van der Waals surface area contributed by atoms with Crippen LogP contribution in [0.4, 0.5) is 0 Å². The zero-order valence-corrected chi connectivity index (χ0v) is 11.1. The largest absolute Gasteiger partial charge is 0.301 e. The smallest absolute Gasteiger partial charge is 0.0126 e. The third kappa shape index (κ3) is 1.73. The summed E-state index contributed by atoms with van der Waals surface area (Å²) in [5.41, 5.74) is 0.743. The van der Waals surface area contributed by atoms with Crippen LogP contribution in [0.1, 0.15) is 53.4 Å². The normalized spacial score (nSPS) is 45.4. The lowest BCUT2D eigenvalue weighted by Crippen LogP contribution is -2.41. The van der Waals surface area contributed by atoms with Gasteiger partial charge in [0, 0.05) is 12.1 Å². The van der Waals surface area contributed by atoms with Crippen LogP contribution in [-0.2, 0) is 0 Å². The van der Waals surface area contributed by atoms with Gasteiger partial charge in [-0.2, -0.15) is 0 Å². The molecule has 0 N–H and O–H groups in total. The molecule has 4 unspecified atom stereocenters. The summed E-state index contributed by atoms with van der Waals surface area (Å²) >= 11 is 0. The van der Waals surface area contributed by atoms with Gasteiger partial charge in [-0.05, 0) is 63.8 Å². The van der Waals surface area contributed by atoms with Crippen LogP contribution < -0.4 is 0 Å². The molecule has 2 rings (SSSR count). The molecule has 0 bridgehead atoms. The molecule has 0 aromatic rings. The first kappa shape index (κ1) is 11.4. The monoisotopic (exact) mass is 209 g/mol. The van der Waals surface area contributed by atoms with E-state index >= 15 is 0 Å². The molecule has 15 heavy (non-hydrogen) atoms. The van der Waals surface area contributed by atoms with Crippen LogP contribution >= 0.6 is 0 Å². The maximum absolute atomic E-state index is 2.60. The van der Waals surface area contributed by atoms with E-state index in [2.05, 4.69) is 39.6 Å². The molecule has 2 saturated carbocycles. The summed E-state index contributed by atoms with van der Waals surface area (Å²) in [6.07, 6.45) is 5.92. The lowest BCUT2D eigenvalue weighted by atomic mass is 9.59. The van der Waals surface area contributed by atoms with Crippen LogP contribution in [0, 0.1) is 17.3 Å². The second-order valence-electron chi connectivity index (χ2n) is 6.51. The van der Waals surface area contributed by atoms with E-state index < -0.39 is 0 Å². The molecular weight excluding hydrogens is 182 g/mol. The van der Waals surface area contributed by atoms with Gasteiger partial charge in [-0.3, -0.25) is 0 Å². The number of rotatable bonds is 2. The fraction of sp³-hybridized carbons (Fsp3) is 1.00. The minimum Gasteiger partial charge on any atom is -0.301 e. The predicted octanol–water partition coefficient (Wildman–Crippen LogP) is 3.54. The molecule has 88 valence electrons. The molecule has 0 amide bonds. The highest BCUT2D eigenvalue weighted by molar-refractivity contribution is 5.04. The van der Waals surface area contributed by atoms with Gasteiger partial charge in [0.05, 0.1) is 0 Å². The summed E-state index contributed by atoms with van der Waals surface area (Å²) in [6, 6.07) is 1.54. The molecule has 2 aliphatic carbocycles.